The highest BCUT2D eigenvalue weighted by Crippen LogP contribution is 2.29. The van der Waals surface area contributed by atoms with Crippen molar-refractivity contribution in [1.29, 1.82) is 0 Å². The minimum Gasteiger partial charge on any atom is -0.493 e. The zero-order valence-corrected chi connectivity index (χ0v) is 21.6. The van der Waals surface area contributed by atoms with Crippen LogP contribution in [0.5, 0.6) is 11.5 Å². The summed E-state index contributed by atoms with van der Waals surface area (Å²) < 4.78 is 37.8. The largest absolute Gasteiger partial charge is 0.493 e. The van der Waals surface area contributed by atoms with Crippen LogP contribution in [0.1, 0.15) is 25.0 Å². The van der Waals surface area contributed by atoms with Gasteiger partial charge >= 0.3 is 0 Å². The van der Waals surface area contributed by atoms with Crippen molar-refractivity contribution in [3.8, 4) is 11.5 Å². The first-order valence-corrected chi connectivity index (χ1v) is 11.2. The van der Waals surface area contributed by atoms with Crippen LogP contribution in [0.15, 0.2) is 47.5 Å². The Morgan fingerprint density at radius 1 is 1.03 bits per heavy atom. The average molecular weight is 562 g/mol. The summed E-state index contributed by atoms with van der Waals surface area (Å²) in [7, 11) is 1.41. The summed E-state index contributed by atoms with van der Waals surface area (Å²) in [5, 5.41) is 6.41. The van der Waals surface area contributed by atoms with Crippen LogP contribution in [0.3, 0.4) is 0 Å². The summed E-state index contributed by atoms with van der Waals surface area (Å²) in [4.78, 5) is 4.23. The zero-order chi connectivity index (χ0) is 22.1. The molecule has 31 heavy (non-hydrogen) atoms. The number of ether oxygens (including phenoxy) is 2. The molecule has 0 aliphatic heterocycles. The van der Waals surface area contributed by atoms with E-state index >= 15 is 0 Å². The van der Waals surface area contributed by atoms with E-state index in [1.54, 1.807) is 41.2 Å². The predicted molar refractivity (Wildman–Crippen MR) is 136 cm³/mol. The SMILES string of the molecule is CN=C(NCc1ccccc1CS(=O)(=O)NC(C)C)Nc1ccc(OC)c(OC)c1.I. The molecule has 0 unspecified atom stereocenters. The number of hydrogen-bond acceptors (Lipinski definition) is 5. The van der Waals surface area contributed by atoms with Crippen LogP contribution in [0.2, 0.25) is 0 Å². The first kappa shape index (κ1) is 27.0. The van der Waals surface area contributed by atoms with Gasteiger partial charge in [-0.2, -0.15) is 0 Å². The summed E-state index contributed by atoms with van der Waals surface area (Å²) in [6.07, 6.45) is 0. The van der Waals surface area contributed by atoms with E-state index in [1.807, 2.05) is 36.4 Å². The molecule has 0 amide bonds. The van der Waals surface area contributed by atoms with Gasteiger partial charge in [0.15, 0.2) is 17.5 Å². The van der Waals surface area contributed by atoms with Crippen LogP contribution < -0.4 is 24.8 Å². The number of halogens is 1. The van der Waals surface area contributed by atoms with Crippen molar-refractivity contribution in [3.63, 3.8) is 0 Å². The molecule has 10 heteroatoms. The van der Waals surface area contributed by atoms with E-state index in [-0.39, 0.29) is 35.8 Å². The Labute approximate surface area is 201 Å². The quantitative estimate of drug-likeness (QED) is 0.246. The lowest BCUT2D eigenvalue weighted by Gasteiger charge is -2.16. The summed E-state index contributed by atoms with van der Waals surface area (Å²) in [6, 6.07) is 12.8. The van der Waals surface area contributed by atoms with E-state index in [1.165, 1.54) is 0 Å². The maximum Gasteiger partial charge on any atom is 0.216 e. The standard InChI is InChI=1S/C21H30N4O4S.HI/c1-15(2)25-30(26,27)14-17-9-7-6-8-16(17)13-23-21(22-3)24-18-10-11-19(28-4)20(12-18)29-5;/h6-12,15,25H,13-14H2,1-5H3,(H2,22,23,24);1H. The van der Waals surface area contributed by atoms with Crippen molar-refractivity contribution in [2.75, 3.05) is 26.6 Å². The van der Waals surface area contributed by atoms with Gasteiger partial charge in [-0.3, -0.25) is 4.99 Å². The Balaban J connectivity index is 0.00000480. The summed E-state index contributed by atoms with van der Waals surface area (Å²) >= 11 is 0. The highest BCUT2D eigenvalue weighted by molar-refractivity contribution is 14.0. The smallest absolute Gasteiger partial charge is 0.216 e. The van der Waals surface area contributed by atoms with E-state index in [9.17, 15) is 8.42 Å². The van der Waals surface area contributed by atoms with Crippen LogP contribution in [-0.4, -0.2) is 41.7 Å². The predicted octanol–water partition coefficient (Wildman–Crippen LogP) is 3.34. The molecule has 0 radical (unpaired) electrons. The van der Waals surface area contributed by atoms with Crippen molar-refractivity contribution in [3.05, 3.63) is 53.6 Å². The second-order valence-corrected chi connectivity index (χ2v) is 8.67. The number of sulfonamides is 1. The Hall–Kier alpha value is -2.05. The first-order valence-electron chi connectivity index (χ1n) is 9.54. The van der Waals surface area contributed by atoms with Crippen LogP contribution in [0.4, 0.5) is 5.69 Å². The van der Waals surface area contributed by atoms with E-state index < -0.39 is 10.0 Å². The molecule has 0 saturated carbocycles. The zero-order valence-electron chi connectivity index (χ0n) is 18.4. The molecule has 0 aliphatic carbocycles. The normalized spacial score (nSPS) is 11.6. The molecule has 3 N–H and O–H groups in total. The Morgan fingerprint density at radius 2 is 1.68 bits per heavy atom. The molecule has 0 bridgehead atoms. The molecule has 0 atom stereocenters. The number of aliphatic imine (C=N–C) groups is 1. The molecule has 2 rings (SSSR count). The molecule has 0 aliphatic rings. The van der Waals surface area contributed by atoms with Crippen LogP contribution in [0, 0.1) is 0 Å². The van der Waals surface area contributed by atoms with Gasteiger partial charge in [0, 0.05) is 31.4 Å². The van der Waals surface area contributed by atoms with Crippen LogP contribution in [-0.2, 0) is 22.3 Å². The van der Waals surface area contributed by atoms with Crippen molar-refractivity contribution in [2.45, 2.75) is 32.2 Å². The summed E-state index contributed by atoms with van der Waals surface area (Å²) in [5.41, 5.74) is 2.39. The van der Waals surface area contributed by atoms with Gasteiger partial charge in [-0.1, -0.05) is 24.3 Å². The lowest BCUT2D eigenvalue weighted by atomic mass is 10.1. The van der Waals surface area contributed by atoms with Crippen LogP contribution in [0.25, 0.3) is 0 Å². The minimum atomic E-state index is -3.41. The second-order valence-electron chi connectivity index (χ2n) is 6.92. The molecule has 0 heterocycles. The lowest BCUT2D eigenvalue weighted by Crippen LogP contribution is -2.32. The van der Waals surface area contributed by atoms with Gasteiger partial charge in [0.25, 0.3) is 0 Å². The molecule has 2 aromatic carbocycles. The molecule has 172 valence electrons. The second kappa shape index (κ2) is 12.7. The molecule has 0 saturated heterocycles. The summed E-state index contributed by atoms with van der Waals surface area (Å²) in [6.45, 7) is 4.02. The fourth-order valence-corrected chi connectivity index (χ4v) is 4.38. The fraction of sp³-hybridized carbons (Fsp3) is 0.381. The third kappa shape index (κ3) is 8.54. The monoisotopic (exact) mass is 562 g/mol. The Bertz CT molecular complexity index is 981. The molecular formula is C21H31IN4O4S. The van der Waals surface area contributed by atoms with Gasteiger partial charge in [-0.25, -0.2) is 13.1 Å². The maximum atomic E-state index is 12.3. The molecule has 0 aromatic heterocycles. The minimum absolute atomic E-state index is 0. The molecule has 8 nitrogen and oxygen atoms in total. The highest BCUT2D eigenvalue weighted by Gasteiger charge is 2.15. The first-order chi connectivity index (χ1) is 14.3. The average Bonchev–Trinajstić information content (AvgIpc) is 2.70. The van der Waals surface area contributed by atoms with Gasteiger partial charge < -0.3 is 20.1 Å². The van der Waals surface area contributed by atoms with Crippen LogP contribution >= 0.6 is 24.0 Å². The fourth-order valence-electron chi connectivity index (χ4n) is 2.89. The van der Waals surface area contributed by atoms with Crippen molar-refractivity contribution < 1.29 is 17.9 Å². The van der Waals surface area contributed by atoms with Gasteiger partial charge in [0.05, 0.1) is 20.0 Å². The van der Waals surface area contributed by atoms with Crippen molar-refractivity contribution >= 4 is 45.6 Å². The van der Waals surface area contributed by atoms with Crippen molar-refractivity contribution in [1.82, 2.24) is 10.0 Å². The highest BCUT2D eigenvalue weighted by atomic mass is 127. The lowest BCUT2D eigenvalue weighted by molar-refractivity contribution is 0.355. The topological polar surface area (TPSA) is 101 Å². The number of methoxy groups -OCH3 is 2. The number of anilines is 1. The van der Waals surface area contributed by atoms with E-state index in [2.05, 4.69) is 20.3 Å². The van der Waals surface area contributed by atoms with Crippen molar-refractivity contribution in [2.24, 2.45) is 4.99 Å². The van der Waals surface area contributed by atoms with Gasteiger partial charge in [0.1, 0.15) is 0 Å². The third-order valence-electron chi connectivity index (χ3n) is 4.20. The number of guanidine groups is 1. The summed E-state index contributed by atoms with van der Waals surface area (Å²) in [5.74, 6) is 1.70. The maximum absolute atomic E-state index is 12.3. The van der Waals surface area contributed by atoms with E-state index in [0.717, 1.165) is 16.8 Å². The van der Waals surface area contributed by atoms with Gasteiger partial charge in [-0.05, 0) is 37.1 Å². The third-order valence-corrected chi connectivity index (χ3v) is 5.72. The number of benzene rings is 2. The Morgan fingerprint density at radius 3 is 2.26 bits per heavy atom. The molecule has 0 fully saturated rings. The van der Waals surface area contributed by atoms with E-state index in [0.29, 0.717) is 24.0 Å². The number of nitrogens with one attached hydrogen (secondary N) is 3. The number of nitrogens with zero attached hydrogens (tertiary/aromatic N) is 1. The van der Waals surface area contributed by atoms with Gasteiger partial charge in [0.2, 0.25) is 10.0 Å². The molecule has 0 spiro atoms. The molecular weight excluding hydrogens is 531 g/mol. The van der Waals surface area contributed by atoms with Gasteiger partial charge in [-0.15, -0.1) is 24.0 Å². The number of hydrogen-bond donors (Lipinski definition) is 3. The Kier molecular flexibility index (Phi) is 11.1. The number of rotatable bonds is 9. The molecule has 2 aromatic rings. The van der Waals surface area contributed by atoms with E-state index in [4.69, 9.17) is 9.47 Å².